The van der Waals surface area contributed by atoms with Crippen molar-refractivity contribution in [3.8, 4) is 0 Å². The van der Waals surface area contributed by atoms with Crippen molar-refractivity contribution in [1.82, 2.24) is 0 Å². The Morgan fingerprint density at radius 2 is 0.506 bits per heavy atom. The Kier molecular flexibility index (Phi) is 16.7. The average Bonchev–Trinajstić information content (AvgIpc) is 3.67. The van der Waals surface area contributed by atoms with Crippen molar-refractivity contribution in [2.75, 3.05) is 0 Å². The first kappa shape index (κ1) is 53.5. The molecule has 7 heteroatoms. The van der Waals surface area contributed by atoms with Crippen LogP contribution in [0.25, 0.3) is 119 Å². The van der Waals surface area contributed by atoms with Gasteiger partial charge in [-0.2, -0.15) is 0 Å². The molecule has 2 nitrogen and oxygen atoms in total. The Bertz CT molecular complexity index is 4230. The molecule has 0 spiro atoms. The first-order valence-electron chi connectivity index (χ1n) is 25.9. The molecule has 0 radical (unpaired) electrons. The lowest BCUT2D eigenvalue weighted by Crippen LogP contribution is -2.05. The van der Waals surface area contributed by atoms with Gasteiger partial charge in [-0.25, -0.2) is 0 Å². The zero-order valence-electron chi connectivity index (χ0n) is 42.6. The van der Waals surface area contributed by atoms with Crippen LogP contribution in [0.2, 0.25) is 0 Å². The quantitative estimate of drug-likeness (QED) is 0.0814. The Labute approximate surface area is 494 Å². The van der Waals surface area contributed by atoms with Crippen molar-refractivity contribution >= 4 is 190 Å². The summed E-state index contributed by atoms with van der Waals surface area (Å²) in [5, 5.41) is 32.2. The Morgan fingerprint density at radius 1 is 0.241 bits per heavy atom. The number of rotatable bonds is 10. The normalized spacial score (nSPS) is 11.9. The molecule has 0 aromatic heterocycles. The molecule has 0 atom stereocenters. The van der Waals surface area contributed by atoms with Gasteiger partial charge in [0.2, 0.25) is 0 Å². The van der Waals surface area contributed by atoms with Gasteiger partial charge in [0.15, 0.2) is 0 Å². The van der Waals surface area contributed by atoms with Gasteiger partial charge in [-0.3, -0.25) is 0 Å². The summed E-state index contributed by atoms with van der Waals surface area (Å²) in [6, 6.07) is 78.6. The van der Waals surface area contributed by atoms with Crippen LogP contribution in [0.3, 0.4) is 0 Å². The van der Waals surface area contributed by atoms with Crippen LogP contribution in [0.4, 0.5) is 0 Å². The molecule has 2 N–H and O–H groups in total. The van der Waals surface area contributed by atoms with E-state index in [9.17, 15) is 0 Å². The van der Waals surface area contributed by atoms with Gasteiger partial charge in [0, 0.05) is 17.9 Å². The Hall–Kier alpha value is -7.46. The van der Waals surface area contributed by atoms with Crippen LogP contribution < -0.4 is 0 Å². The summed E-state index contributed by atoms with van der Waals surface area (Å²) in [6.07, 6.45) is 19.6. The molecule has 0 bridgehead atoms. The number of hydrogen-bond acceptors (Lipinski definition) is 2. The summed E-state index contributed by atoms with van der Waals surface area (Å²) in [6.45, 7) is 0. The highest BCUT2D eigenvalue weighted by atomic mass is 79.9. The molecule has 0 fully saturated rings. The van der Waals surface area contributed by atoms with Gasteiger partial charge in [0.25, 0.3) is 0 Å². The molecule has 13 aromatic rings. The fraction of sp³-hybridized carbons (Fsp3) is 0. The van der Waals surface area contributed by atoms with Gasteiger partial charge in [0.05, 0.1) is 0 Å². The van der Waals surface area contributed by atoms with Crippen molar-refractivity contribution in [2.45, 2.75) is 0 Å². The molecule has 13 rings (SSSR count). The summed E-state index contributed by atoms with van der Waals surface area (Å²) in [7, 11) is -1.37. The van der Waals surface area contributed by atoms with Crippen LogP contribution in [-0.2, 0) is 0 Å². The van der Waals surface area contributed by atoms with E-state index in [1.54, 1.807) is 6.08 Å². The van der Waals surface area contributed by atoms with Gasteiger partial charge >= 0.3 is 7.12 Å². The van der Waals surface area contributed by atoms with Crippen molar-refractivity contribution in [1.29, 1.82) is 0 Å². The van der Waals surface area contributed by atoms with Crippen molar-refractivity contribution in [2.24, 2.45) is 0 Å². The molecular weight excluding hydrogens is 1230 g/mol. The highest BCUT2D eigenvalue weighted by Crippen LogP contribution is 2.46. The molecule has 79 heavy (non-hydrogen) atoms. The van der Waals surface area contributed by atoms with E-state index >= 15 is 0 Å². The highest BCUT2D eigenvalue weighted by Gasteiger charge is 2.18. The first-order valence-corrected chi connectivity index (χ1v) is 29.0. The lowest BCUT2D eigenvalue weighted by atomic mass is 9.85. The van der Waals surface area contributed by atoms with Gasteiger partial charge in [-0.1, -0.05) is 325 Å². The van der Waals surface area contributed by atoms with Crippen LogP contribution in [0.1, 0.15) is 50.1 Å². The van der Waals surface area contributed by atoms with Crippen LogP contribution in [-0.4, -0.2) is 17.2 Å². The smallest absolute Gasteiger partial charge is 0.424 e. The molecule has 0 amide bonds. The van der Waals surface area contributed by atoms with Gasteiger partial charge in [-0.15, -0.1) is 0 Å². The Balaban J connectivity index is 0.000000172. The summed E-state index contributed by atoms with van der Waals surface area (Å²) in [5.74, 6) is 1.31. The molecule has 0 saturated heterocycles. The first-order chi connectivity index (χ1) is 38.7. The lowest BCUT2D eigenvalue weighted by Gasteiger charge is -2.18. The molecule has 0 heterocycles. The molecule has 0 aliphatic heterocycles. The van der Waals surface area contributed by atoms with Gasteiger partial charge < -0.3 is 10.0 Å². The molecule has 0 aliphatic rings. The van der Waals surface area contributed by atoms with E-state index in [2.05, 4.69) is 306 Å². The van der Waals surface area contributed by atoms with E-state index in [-0.39, 0.29) is 0 Å². The molecule has 13 aromatic carbocycles. The third-order valence-corrected chi connectivity index (χ3v) is 16.6. The standard InChI is InChI=1S/C48H34.C16H6Br4.C8H9BO2/c1-5-13-35(14-6-1)21-25-39-29-30-44-42(28-24-38-19-11-4-12-20-38)34-46-41(27-23-37-17-9-3-10-18-37)33-40(26-22-36-15-7-2-8-16-36)45-32-31-43(39)47(44)48(45)46;17-11-5-13(19)9-3-4-10-14(20)6-12(18)8-2-1-7(11)15(9)16(8)10;10-9(11)7-6-8-4-2-1-3-5-8/h1-34H;1-6H;1-7,10-11H/b25-21+,26-22+,27-23+,28-24+;;7-6+. The minimum absolute atomic E-state index is 0.959. The monoisotopic (exact) mass is 1270 g/mol. The second kappa shape index (κ2) is 24.7. The zero-order chi connectivity index (χ0) is 54.2. The van der Waals surface area contributed by atoms with E-state index in [4.69, 9.17) is 10.0 Å². The number of benzene rings is 13. The molecule has 0 aliphatic carbocycles. The summed E-state index contributed by atoms with van der Waals surface area (Å²) < 4.78 is 4.45. The van der Waals surface area contributed by atoms with Crippen molar-refractivity contribution < 1.29 is 10.0 Å². The van der Waals surface area contributed by atoms with E-state index in [0.29, 0.717) is 0 Å². The third kappa shape index (κ3) is 12.1. The fourth-order valence-electron chi connectivity index (χ4n) is 10.2. The molecule has 0 saturated carbocycles. The van der Waals surface area contributed by atoms with Crippen LogP contribution in [0.15, 0.2) is 248 Å². The Morgan fingerprint density at radius 3 is 0.873 bits per heavy atom. The predicted octanol–water partition coefficient (Wildman–Crippen LogP) is 21.6. The molecule has 380 valence electrons. The maximum atomic E-state index is 8.48. The van der Waals surface area contributed by atoms with E-state index in [1.165, 1.54) is 115 Å². The molecule has 0 unspecified atom stereocenters. The van der Waals surface area contributed by atoms with E-state index in [1.807, 2.05) is 30.3 Å². The number of halogens is 4. The van der Waals surface area contributed by atoms with E-state index < -0.39 is 7.12 Å². The summed E-state index contributed by atoms with van der Waals surface area (Å²) in [5.41, 5.74) is 10.5. The lowest BCUT2D eigenvalue weighted by molar-refractivity contribution is 0.424. The SMILES string of the molecule is Brc1cc(Br)c2ccc3c(Br)cc(Br)c4ccc1c2c43.C(=C\c1ccc2c(/C=C/c3ccccc3)cc3c(/C=C/c4ccccc4)cc(/C=C/c4ccccc4)c4ccc1c2c43)/c1ccccc1.OB(O)/C=C/c1ccccc1. The van der Waals surface area contributed by atoms with E-state index in [0.717, 1.165) is 23.5 Å². The maximum absolute atomic E-state index is 8.48. The largest absolute Gasteiger partial charge is 0.480 e. The van der Waals surface area contributed by atoms with Crippen LogP contribution >= 0.6 is 63.7 Å². The second-order valence-corrected chi connectivity index (χ2v) is 22.5. The minimum Gasteiger partial charge on any atom is -0.424 e. The molecular formula is C72H49BBr4O2. The topological polar surface area (TPSA) is 40.5 Å². The highest BCUT2D eigenvalue weighted by molar-refractivity contribution is 9.11. The van der Waals surface area contributed by atoms with Crippen LogP contribution in [0.5, 0.6) is 0 Å². The second-order valence-electron chi connectivity index (χ2n) is 19.1. The van der Waals surface area contributed by atoms with Crippen molar-refractivity contribution in [3.63, 3.8) is 0 Å². The van der Waals surface area contributed by atoms with Crippen molar-refractivity contribution in [3.05, 3.63) is 298 Å². The minimum atomic E-state index is -1.37. The number of hydrogen-bond donors (Lipinski definition) is 2. The fourth-order valence-corrected chi connectivity index (χ4v) is 13.1. The zero-order valence-corrected chi connectivity index (χ0v) is 49.0. The summed E-state index contributed by atoms with van der Waals surface area (Å²) in [4.78, 5) is 0. The summed E-state index contributed by atoms with van der Waals surface area (Å²) >= 11 is 14.7. The van der Waals surface area contributed by atoms with Gasteiger partial charge in [0.1, 0.15) is 0 Å². The predicted molar refractivity (Wildman–Crippen MR) is 358 cm³/mol. The van der Waals surface area contributed by atoms with Gasteiger partial charge in [-0.05, 0) is 139 Å². The third-order valence-electron chi connectivity index (χ3n) is 14.0. The van der Waals surface area contributed by atoms with Crippen LogP contribution in [0, 0.1) is 0 Å². The average molecular weight is 1280 g/mol. The maximum Gasteiger partial charge on any atom is 0.480 e.